The van der Waals surface area contributed by atoms with E-state index in [1.807, 2.05) is 0 Å². The molecule has 15 heavy (non-hydrogen) atoms. The molecule has 82 valence electrons. The molecule has 1 heterocycles. The predicted molar refractivity (Wildman–Crippen MR) is 48.7 cm³/mol. The van der Waals surface area contributed by atoms with Crippen LogP contribution in [0, 0.1) is 5.82 Å². The molecule has 0 radical (unpaired) electrons. The van der Waals surface area contributed by atoms with Crippen LogP contribution in [0.25, 0.3) is 0 Å². The molecule has 2 rings (SSSR count). The molecule has 0 spiro atoms. The molecular formula is C9H7F4NS. The molecule has 1 aliphatic rings. The van der Waals surface area contributed by atoms with E-state index in [0.717, 1.165) is 18.0 Å². The molecule has 0 saturated carbocycles. The van der Waals surface area contributed by atoms with Crippen molar-refractivity contribution < 1.29 is 17.6 Å². The summed E-state index contributed by atoms with van der Waals surface area (Å²) in [6.45, 7) is 0.406. The molecule has 1 nitrogen and oxygen atoms in total. The molecule has 0 amide bonds. The Labute approximate surface area is 88.2 Å². The molecule has 0 aliphatic carbocycles. The van der Waals surface area contributed by atoms with Gasteiger partial charge in [0.15, 0.2) is 0 Å². The van der Waals surface area contributed by atoms with Crippen LogP contribution in [0.3, 0.4) is 0 Å². The molecule has 1 aromatic rings. The molecule has 6 heteroatoms. The summed E-state index contributed by atoms with van der Waals surface area (Å²) in [5.74, 6) is -1.20. The maximum Gasteiger partial charge on any atom is 0.420 e. The molecule has 0 fully saturated rings. The first kappa shape index (κ1) is 10.8. The Kier molecular flexibility index (Phi) is 2.42. The summed E-state index contributed by atoms with van der Waals surface area (Å²) in [7, 11) is 1.67. The third-order valence-corrected chi connectivity index (χ3v) is 3.20. The van der Waals surface area contributed by atoms with Crippen molar-refractivity contribution in [3.8, 4) is 0 Å². The van der Waals surface area contributed by atoms with Gasteiger partial charge in [0.05, 0.1) is 0 Å². The van der Waals surface area contributed by atoms with Gasteiger partial charge in [-0.05, 0) is 30.6 Å². The van der Waals surface area contributed by atoms with Gasteiger partial charge in [0.25, 0.3) is 0 Å². The SMILES string of the molecule is CN1Cc2ccc(F)c(C(F)(F)F)c2S1. The summed E-state index contributed by atoms with van der Waals surface area (Å²) in [6.07, 6.45) is -4.63. The van der Waals surface area contributed by atoms with Crippen LogP contribution in [0.5, 0.6) is 0 Å². The largest absolute Gasteiger partial charge is 0.420 e. The van der Waals surface area contributed by atoms with E-state index in [-0.39, 0.29) is 4.90 Å². The van der Waals surface area contributed by atoms with E-state index in [1.165, 1.54) is 6.07 Å². The van der Waals surface area contributed by atoms with Gasteiger partial charge >= 0.3 is 6.18 Å². The highest BCUT2D eigenvalue weighted by Gasteiger charge is 2.40. The topological polar surface area (TPSA) is 3.24 Å². The minimum Gasteiger partial charge on any atom is -0.245 e. The normalized spacial score (nSPS) is 16.9. The van der Waals surface area contributed by atoms with Crippen molar-refractivity contribution in [2.24, 2.45) is 0 Å². The van der Waals surface area contributed by atoms with Crippen LogP contribution in [-0.4, -0.2) is 11.4 Å². The Morgan fingerprint density at radius 1 is 1.33 bits per heavy atom. The third-order valence-electron chi connectivity index (χ3n) is 2.11. The van der Waals surface area contributed by atoms with E-state index in [1.54, 1.807) is 11.4 Å². The highest BCUT2D eigenvalue weighted by atomic mass is 32.2. The summed E-state index contributed by atoms with van der Waals surface area (Å²) in [4.78, 5) is -0.00926. The highest BCUT2D eigenvalue weighted by molar-refractivity contribution is 7.97. The molecule has 0 bridgehead atoms. The lowest BCUT2D eigenvalue weighted by molar-refractivity contribution is -0.142. The third kappa shape index (κ3) is 1.83. The Morgan fingerprint density at radius 2 is 2.00 bits per heavy atom. The van der Waals surface area contributed by atoms with Crippen molar-refractivity contribution in [3.05, 3.63) is 29.1 Å². The number of nitrogens with zero attached hydrogens (tertiary/aromatic N) is 1. The minimum atomic E-state index is -4.63. The van der Waals surface area contributed by atoms with Gasteiger partial charge in [-0.25, -0.2) is 8.70 Å². The van der Waals surface area contributed by atoms with Gasteiger partial charge in [-0.3, -0.25) is 0 Å². The van der Waals surface area contributed by atoms with Gasteiger partial charge < -0.3 is 0 Å². The van der Waals surface area contributed by atoms with Gasteiger partial charge in [0.1, 0.15) is 11.4 Å². The Bertz CT molecular complexity index is 402. The zero-order valence-corrected chi connectivity index (χ0v) is 8.55. The second kappa shape index (κ2) is 3.38. The molecule has 1 aliphatic heterocycles. The maximum atomic E-state index is 13.1. The molecule has 0 aromatic heterocycles. The first-order valence-corrected chi connectivity index (χ1v) is 4.94. The van der Waals surface area contributed by atoms with Crippen LogP contribution in [0.2, 0.25) is 0 Å². The van der Waals surface area contributed by atoms with E-state index in [0.29, 0.717) is 12.1 Å². The number of halogens is 4. The summed E-state index contributed by atoms with van der Waals surface area (Å²) < 4.78 is 52.4. The second-order valence-corrected chi connectivity index (χ2v) is 4.50. The van der Waals surface area contributed by atoms with Crippen LogP contribution >= 0.6 is 11.9 Å². The number of rotatable bonds is 0. The Balaban J connectivity index is 2.60. The van der Waals surface area contributed by atoms with Crippen molar-refractivity contribution in [1.29, 1.82) is 0 Å². The van der Waals surface area contributed by atoms with E-state index in [2.05, 4.69) is 0 Å². The quantitative estimate of drug-likeness (QED) is 0.503. The lowest BCUT2D eigenvalue weighted by Crippen LogP contribution is -2.10. The van der Waals surface area contributed by atoms with Crippen molar-refractivity contribution >= 4 is 11.9 Å². The van der Waals surface area contributed by atoms with Crippen molar-refractivity contribution in [2.45, 2.75) is 17.6 Å². The summed E-state index contributed by atoms with van der Waals surface area (Å²) >= 11 is 0.932. The van der Waals surface area contributed by atoms with Crippen molar-refractivity contribution in [2.75, 3.05) is 7.05 Å². The van der Waals surface area contributed by atoms with Gasteiger partial charge in [-0.15, -0.1) is 0 Å². The molecule has 0 saturated heterocycles. The van der Waals surface area contributed by atoms with Crippen LogP contribution in [0.4, 0.5) is 17.6 Å². The second-order valence-electron chi connectivity index (χ2n) is 3.29. The highest BCUT2D eigenvalue weighted by Crippen LogP contribution is 2.44. The smallest absolute Gasteiger partial charge is 0.245 e. The number of alkyl halides is 3. The number of fused-ring (bicyclic) bond motifs is 1. The molecule has 0 unspecified atom stereocenters. The predicted octanol–water partition coefficient (Wildman–Crippen LogP) is 3.30. The average molecular weight is 237 g/mol. The first-order chi connectivity index (χ1) is 6.89. The van der Waals surface area contributed by atoms with Gasteiger partial charge in [0.2, 0.25) is 0 Å². The zero-order valence-electron chi connectivity index (χ0n) is 7.73. The van der Waals surface area contributed by atoms with Crippen LogP contribution < -0.4 is 0 Å². The lowest BCUT2D eigenvalue weighted by Gasteiger charge is -2.11. The van der Waals surface area contributed by atoms with Gasteiger partial charge in [0, 0.05) is 11.4 Å². The van der Waals surface area contributed by atoms with Crippen LogP contribution in [-0.2, 0) is 12.7 Å². The Hall–Kier alpha value is -0.750. The fourth-order valence-corrected chi connectivity index (χ4v) is 2.59. The molecule has 0 N–H and O–H groups in total. The van der Waals surface area contributed by atoms with Gasteiger partial charge in [-0.2, -0.15) is 13.2 Å². The summed E-state index contributed by atoms with van der Waals surface area (Å²) in [5, 5.41) is 0. The van der Waals surface area contributed by atoms with Crippen LogP contribution in [0.1, 0.15) is 11.1 Å². The molecule has 1 aromatic carbocycles. The first-order valence-electron chi connectivity index (χ1n) is 4.17. The number of hydrogen-bond donors (Lipinski definition) is 0. The maximum absolute atomic E-state index is 13.1. The molecular weight excluding hydrogens is 230 g/mol. The monoisotopic (exact) mass is 237 g/mol. The van der Waals surface area contributed by atoms with E-state index < -0.39 is 17.6 Å². The minimum absolute atomic E-state index is 0.00926. The van der Waals surface area contributed by atoms with Crippen LogP contribution in [0.15, 0.2) is 17.0 Å². The Morgan fingerprint density at radius 3 is 2.60 bits per heavy atom. The average Bonchev–Trinajstić information content (AvgIpc) is 2.41. The zero-order chi connectivity index (χ0) is 11.2. The lowest BCUT2D eigenvalue weighted by atomic mass is 10.1. The molecule has 0 atom stereocenters. The van der Waals surface area contributed by atoms with E-state index in [9.17, 15) is 17.6 Å². The fraction of sp³-hybridized carbons (Fsp3) is 0.333. The summed E-state index contributed by atoms with van der Waals surface area (Å²) in [6, 6.07) is 2.28. The van der Waals surface area contributed by atoms with Crippen molar-refractivity contribution in [3.63, 3.8) is 0 Å². The fourth-order valence-electron chi connectivity index (χ4n) is 1.52. The number of benzene rings is 1. The van der Waals surface area contributed by atoms with E-state index >= 15 is 0 Å². The van der Waals surface area contributed by atoms with Gasteiger partial charge in [-0.1, -0.05) is 6.07 Å². The standard InChI is InChI=1S/C9H7F4NS/c1-14-4-5-2-3-6(10)7(8(5)15-14)9(11,12)13/h2-3H,4H2,1H3. The summed E-state index contributed by atoms with van der Waals surface area (Å²) in [5.41, 5.74) is -0.620. The number of hydrogen-bond acceptors (Lipinski definition) is 2. The van der Waals surface area contributed by atoms with Crippen molar-refractivity contribution in [1.82, 2.24) is 4.31 Å². The van der Waals surface area contributed by atoms with E-state index in [4.69, 9.17) is 0 Å².